The van der Waals surface area contributed by atoms with Crippen molar-refractivity contribution in [3.8, 4) is 0 Å². The first-order valence-electron chi connectivity index (χ1n) is 7.98. The van der Waals surface area contributed by atoms with Crippen molar-refractivity contribution in [2.45, 2.75) is 77.4 Å². The summed E-state index contributed by atoms with van der Waals surface area (Å²) in [6.45, 7) is 6.72. The standard InChI is InChI=1S/C16H28B2/c1-4-15(2,3)16(17,18)14-11-7-9-12-8-5-6-10-13(12)14/h12-14H,4-11H2,1-3H3. The van der Waals surface area contributed by atoms with E-state index in [0.29, 0.717) is 5.92 Å². The fourth-order valence-electron chi connectivity index (χ4n) is 4.34. The average Bonchev–Trinajstić information content (AvgIpc) is 2.37. The maximum Gasteiger partial charge on any atom is 0.0631 e. The summed E-state index contributed by atoms with van der Waals surface area (Å²) in [4.78, 5) is 0. The Morgan fingerprint density at radius 2 is 1.56 bits per heavy atom. The molecule has 2 fully saturated rings. The number of rotatable bonds is 3. The van der Waals surface area contributed by atoms with Gasteiger partial charge in [0.15, 0.2) is 0 Å². The number of hydrogen-bond acceptors (Lipinski definition) is 0. The molecule has 0 saturated heterocycles. The van der Waals surface area contributed by atoms with E-state index in [9.17, 15) is 0 Å². The first-order valence-corrected chi connectivity index (χ1v) is 7.98. The lowest BCUT2D eigenvalue weighted by molar-refractivity contribution is 0.0566. The van der Waals surface area contributed by atoms with Crippen molar-refractivity contribution in [1.29, 1.82) is 0 Å². The second-order valence-electron chi connectivity index (χ2n) is 7.42. The number of hydrogen-bond donors (Lipinski definition) is 0. The Kier molecular flexibility index (Phi) is 4.24. The smallest absolute Gasteiger partial charge is 0.0631 e. The van der Waals surface area contributed by atoms with Crippen LogP contribution >= 0.6 is 0 Å². The highest BCUT2D eigenvalue weighted by molar-refractivity contribution is 6.40. The van der Waals surface area contributed by atoms with Gasteiger partial charge in [0.25, 0.3) is 0 Å². The molecule has 3 atom stereocenters. The second kappa shape index (κ2) is 5.25. The van der Waals surface area contributed by atoms with Gasteiger partial charge in [-0.25, -0.2) is 0 Å². The quantitative estimate of drug-likeness (QED) is 0.640. The molecule has 0 nitrogen and oxygen atoms in total. The van der Waals surface area contributed by atoms with Gasteiger partial charge in [-0.2, -0.15) is 0 Å². The molecule has 0 bridgehead atoms. The van der Waals surface area contributed by atoms with Gasteiger partial charge in [0, 0.05) is 0 Å². The maximum absolute atomic E-state index is 6.66. The molecule has 4 radical (unpaired) electrons. The lowest BCUT2D eigenvalue weighted by atomic mass is 9.34. The van der Waals surface area contributed by atoms with Crippen LogP contribution in [0.2, 0.25) is 5.21 Å². The highest BCUT2D eigenvalue weighted by Crippen LogP contribution is 2.58. The topological polar surface area (TPSA) is 0 Å². The molecule has 0 aromatic heterocycles. The van der Waals surface area contributed by atoms with Crippen LogP contribution in [0.3, 0.4) is 0 Å². The Labute approximate surface area is 117 Å². The molecule has 2 aliphatic rings. The van der Waals surface area contributed by atoms with Crippen LogP contribution in [0.5, 0.6) is 0 Å². The molecular weight excluding hydrogens is 214 g/mol. The summed E-state index contributed by atoms with van der Waals surface area (Å²) in [6.07, 6.45) is 10.7. The Balaban J connectivity index is 2.19. The predicted molar refractivity (Wildman–Crippen MR) is 81.1 cm³/mol. The van der Waals surface area contributed by atoms with Crippen molar-refractivity contribution in [3.63, 3.8) is 0 Å². The monoisotopic (exact) mass is 242 g/mol. The summed E-state index contributed by atoms with van der Waals surface area (Å²) in [7, 11) is 13.3. The van der Waals surface area contributed by atoms with Crippen LogP contribution in [0.4, 0.5) is 0 Å². The molecule has 0 spiro atoms. The molecule has 0 amide bonds. The van der Waals surface area contributed by atoms with Crippen LogP contribution in [-0.4, -0.2) is 15.7 Å². The molecular formula is C16H28B2. The molecule has 98 valence electrons. The van der Waals surface area contributed by atoms with E-state index >= 15 is 0 Å². The van der Waals surface area contributed by atoms with E-state index in [-0.39, 0.29) is 5.41 Å². The SMILES string of the molecule is [B]C([B])(C1CCCC2CCCCC21)C(C)(C)CC. The van der Waals surface area contributed by atoms with E-state index < -0.39 is 5.21 Å². The molecule has 18 heavy (non-hydrogen) atoms. The molecule has 2 rings (SSSR count). The van der Waals surface area contributed by atoms with Crippen LogP contribution in [0, 0.1) is 23.2 Å². The first-order chi connectivity index (χ1) is 8.40. The fraction of sp³-hybridized carbons (Fsp3) is 1.00. The van der Waals surface area contributed by atoms with Crippen molar-refractivity contribution >= 4 is 15.7 Å². The second-order valence-corrected chi connectivity index (χ2v) is 7.42. The average molecular weight is 242 g/mol. The Hall–Kier alpha value is 0.130. The fourth-order valence-corrected chi connectivity index (χ4v) is 4.34. The van der Waals surface area contributed by atoms with E-state index in [1.54, 1.807) is 0 Å². The van der Waals surface area contributed by atoms with E-state index in [1.165, 1.54) is 44.9 Å². The Morgan fingerprint density at radius 1 is 0.944 bits per heavy atom. The molecule has 0 aliphatic heterocycles. The Bertz CT molecular complexity index is 281. The minimum absolute atomic E-state index is 0.0387. The molecule has 2 heteroatoms. The maximum atomic E-state index is 6.66. The summed E-state index contributed by atoms with van der Waals surface area (Å²) < 4.78 is 0. The van der Waals surface area contributed by atoms with Crippen LogP contribution in [0.1, 0.15) is 72.1 Å². The minimum Gasteiger partial charge on any atom is -0.0911 e. The summed E-state index contributed by atoms with van der Waals surface area (Å²) in [5, 5.41) is -0.498. The molecule has 2 saturated carbocycles. The highest BCUT2D eigenvalue weighted by Gasteiger charge is 2.47. The lowest BCUT2D eigenvalue weighted by Gasteiger charge is -2.55. The third kappa shape index (κ3) is 2.41. The number of fused-ring (bicyclic) bond motifs is 1. The third-order valence-corrected chi connectivity index (χ3v) is 6.24. The van der Waals surface area contributed by atoms with Gasteiger partial charge in [-0.1, -0.05) is 70.9 Å². The first kappa shape index (κ1) is 14.5. The van der Waals surface area contributed by atoms with Crippen molar-refractivity contribution in [1.82, 2.24) is 0 Å². The summed E-state index contributed by atoms with van der Waals surface area (Å²) >= 11 is 0. The van der Waals surface area contributed by atoms with Crippen LogP contribution in [0.15, 0.2) is 0 Å². The van der Waals surface area contributed by atoms with Crippen molar-refractivity contribution < 1.29 is 0 Å². The van der Waals surface area contributed by atoms with Crippen molar-refractivity contribution in [3.05, 3.63) is 0 Å². The lowest BCUT2D eigenvalue weighted by Crippen LogP contribution is -2.45. The minimum atomic E-state index is -0.498. The molecule has 2 aliphatic carbocycles. The zero-order valence-corrected chi connectivity index (χ0v) is 12.5. The zero-order valence-electron chi connectivity index (χ0n) is 12.5. The van der Waals surface area contributed by atoms with Gasteiger partial charge in [-0.05, 0) is 29.6 Å². The van der Waals surface area contributed by atoms with E-state index in [0.717, 1.165) is 18.3 Å². The predicted octanol–water partition coefficient (Wildman–Crippen LogP) is 4.48. The van der Waals surface area contributed by atoms with Crippen molar-refractivity contribution in [2.75, 3.05) is 0 Å². The largest absolute Gasteiger partial charge is 0.0911 e. The summed E-state index contributed by atoms with van der Waals surface area (Å²) in [5.74, 6) is 2.25. The molecule has 3 unspecified atom stereocenters. The van der Waals surface area contributed by atoms with Crippen LogP contribution < -0.4 is 0 Å². The van der Waals surface area contributed by atoms with Gasteiger partial charge in [0.1, 0.15) is 0 Å². The van der Waals surface area contributed by atoms with E-state index in [4.69, 9.17) is 15.7 Å². The van der Waals surface area contributed by atoms with Gasteiger partial charge in [-0.3, -0.25) is 0 Å². The van der Waals surface area contributed by atoms with Crippen LogP contribution in [-0.2, 0) is 0 Å². The van der Waals surface area contributed by atoms with Gasteiger partial charge in [-0.15, -0.1) is 0 Å². The summed E-state index contributed by atoms with van der Waals surface area (Å²) in [5.41, 5.74) is 0.0387. The van der Waals surface area contributed by atoms with Crippen LogP contribution in [0.25, 0.3) is 0 Å². The molecule has 0 aromatic rings. The van der Waals surface area contributed by atoms with Crippen molar-refractivity contribution in [2.24, 2.45) is 23.2 Å². The molecule has 0 N–H and O–H groups in total. The van der Waals surface area contributed by atoms with Gasteiger partial charge in [0.05, 0.1) is 15.7 Å². The third-order valence-electron chi connectivity index (χ3n) is 6.24. The Morgan fingerprint density at radius 3 is 2.22 bits per heavy atom. The molecule has 0 heterocycles. The summed E-state index contributed by atoms with van der Waals surface area (Å²) in [6, 6.07) is 0. The molecule has 0 aromatic carbocycles. The highest BCUT2D eigenvalue weighted by atomic mass is 14.5. The van der Waals surface area contributed by atoms with Gasteiger partial charge < -0.3 is 0 Å². The van der Waals surface area contributed by atoms with Gasteiger partial charge >= 0.3 is 0 Å². The van der Waals surface area contributed by atoms with E-state index in [1.807, 2.05) is 0 Å². The van der Waals surface area contributed by atoms with Gasteiger partial charge in [0.2, 0.25) is 0 Å². The normalized spacial score (nSPS) is 34.1. The zero-order chi connectivity index (χ0) is 13.4. The van der Waals surface area contributed by atoms with E-state index in [2.05, 4.69) is 20.8 Å².